The molecule has 0 saturated carbocycles. The monoisotopic (exact) mass is 459 g/mol. The summed E-state index contributed by atoms with van der Waals surface area (Å²) in [5.41, 5.74) is 3.35. The van der Waals surface area contributed by atoms with Crippen molar-refractivity contribution in [2.45, 2.75) is 45.8 Å². The molecule has 0 aliphatic carbocycles. The van der Waals surface area contributed by atoms with E-state index in [9.17, 15) is 9.90 Å². The maximum absolute atomic E-state index is 12.8. The van der Waals surface area contributed by atoms with Crippen molar-refractivity contribution in [2.75, 3.05) is 45.9 Å². The number of piperidine rings is 1. The molecule has 7 nitrogen and oxygen atoms in total. The van der Waals surface area contributed by atoms with Crippen LogP contribution in [0.4, 0.5) is 0 Å². The summed E-state index contributed by atoms with van der Waals surface area (Å²) in [5.74, 6) is 0.904. The normalized spacial score (nSPS) is 18.8. The van der Waals surface area contributed by atoms with Crippen molar-refractivity contribution >= 4 is 17.2 Å². The first-order chi connectivity index (χ1) is 15.4. The van der Waals surface area contributed by atoms with Gasteiger partial charge in [-0.1, -0.05) is 0 Å². The van der Waals surface area contributed by atoms with Gasteiger partial charge in [0.15, 0.2) is 0 Å². The van der Waals surface area contributed by atoms with E-state index in [-0.39, 0.29) is 18.1 Å². The summed E-state index contributed by atoms with van der Waals surface area (Å²) in [6.07, 6.45) is 1.83. The minimum Gasteiger partial charge on any atom is -0.492 e. The number of rotatable bonds is 6. The molecular formula is C24H33N3O4S. The van der Waals surface area contributed by atoms with E-state index in [0.717, 1.165) is 59.9 Å². The Bertz CT molecular complexity index is 953. The molecule has 0 unspecified atom stereocenters. The number of likely N-dealkylation sites (tertiary alicyclic amines) is 1. The van der Waals surface area contributed by atoms with E-state index in [0.29, 0.717) is 32.0 Å². The van der Waals surface area contributed by atoms with Gasteiger partial charge in [0.05, 0.1) is 30.4 Å². The van der Waals surface area contributed by atoms with Crippen LogP contribution in [0.3, 0.4) is 0 Å². The summed E-state index contributed by atoms with van der Waals surface area (Å²) in [7, 11) is 0. The molecule has 2 aromatic rings. The van der Waals surface area contributed by atoms with Crippen LogP contribution in [0.2, 0.25) is 0 Å². The third-order valence-electron chi connectivity index (χ3n) is 6.61. The number of aromatic nitrogens is 1. The molecule has 8 heteroatoms. The molecule has 2 aliphatic rings. The average molecular weight is 460 g/mol. The van der Waals surface area contributed by atoms with Crippen LogP contribution in [0.5, 0.6) is 5.75 Å². The molecule has 1 amide bonds. The fourth-order valence-electron chi connectivity index (χ4n) is 4.59. The van der Waals surface area contributed by atoms with Crippen molar-refractivity contribution < 1.29 is 19.4 Å². The highest BCUT2D eigenvalue weighted by molar-refractivity contribution is 7.09. The molecule has 4 rings (SSSR count). The van der Waals surface area contributed by atoms with Crippen LogP contribution >= 0.6 is 11.3 Å². The molecule has 1 spiro atoms. The van der Waals surface area contributed by atoms with E-state index >= 15 is 0 Å². The summed E-state index contributed by atoms with van der Waals surface area (Å²) >= 11 is 1.51. The zero-order chi connectivity index (χ0) is 22.7. The number of carbonyl (C=O) groups excluding carboxylic acids is 1. The number of aliphatic hydroxyl groups excluding tert-OH is 1. The fourth-order valence-corrected chi connectivity index (χ4v) is 5.18. The van der Waals surface area contributed by atoms with Crippen molar-refractivity contribution in [3.05, 3.63) is 44.9 Å². The Morgan fingerprint density at radius 3 is 2.69 bits per heavy atom. The van der Waals surface area contributed by atoms with Gasteiger partial charge >= 0.3 is 0 Å². The second-order valence-corrected chi connectivity index (χ2v) is 9.96. The van der Waals surface area contributed by atoms with Gasteiger partial charge in [0.2, 0.25) is 0 Å². The second kappa shape index (κ2) is 9.87. The molecule has 1 N–H and O–H groups in total. The molecule has 1 aromatic heterocycles. The van der Waals surface area contributed by atoms with E-state index in [1.54, 1.807) is 0 Å². The van der Waals surface area contributed by atoms with Gasteiger partial charge < -0.3 is 19.5 Å². The molecule has 3 heterocycles. The van der Waals surface area contributed by atoms with Gasteiger partial charge in [0.25, 0.3) is 5.91 Å². The quantitative estimate of drug-likeness (QED) is 0.716. The molecule has 0 atom stereocenters. The predicted molar refractivity (Wildman–Crippen MR) is 124 cm³/mol. The summed E-state index contributed by atoms with van der Waals surface area (Å²) in [6, 6.07) is 4.01. The SMILES string of the molecule is Cc1nc(C(=O)N2CCOC3(CCN(CCOc4cc(C)c(CO)cc4C)CC3)C2)cs1. The van der Waals surface area contributed by atoms with Crippen LogP contribution in [0.15, 0.2) is 17.5 Å². The van der Waals surface area contributed by atoms with Gasteiger partial charge in [-0.15, -0.1) is 11.3 Å². The topological polar surface area (TPSA) is 75.1 Å². The minimum atomic E-state index is -0.246. The number of morpholine rings is 1. The number of nitrogens with zero attached hydrogens (tertiary/aromatic N) is 3. The number of ether oxygens (including phenoxy) is 2. The highest BCUT2D eigenvalue weighted by Crippen LogP contribution is 2.31. The van der Waals surface area contributed by atoms with Crippen LogP contribution in [0.1, 0.15) is 45.0 Å². The Morgan fingerprint density at radius 2 is 2.00 bits per heavy atom. The number of thiazole rings is 1. The summed E-state index contributed by atoms with van der Waals surface area (Å²) < 4.78 is 12.3. The van der Waals surface area contributed by atoms with Gasteiger partial charge in [-0.2, -0.15) is 0 Å². The van der Waals surface area contributed by atoms with E-state index < -0.39 is 0 Å². The fraction of sp³-hybridized carbons (Fsp3) is 0.583. The average Bonchev–Trinajstić information content (AvgIpc) is 3.23. The number of aliphatic hydroxyl groups is 1. The Hall–Kier alpha value is -2.00. The van der Waals surface area contributed by atoms with Crippen molar-refractivity contribution in [1.29, 1.82) is 0 Å². The first-order valence-corrected chi connectivity index (χ1v) is 12.2. The molecule has 1 aromatic carbocycles. The van der Waals surface area contributed by atoms with Crippen LogP contribution in [0.25, 0.3) is 0 Å². The van der Waals surface area contributed by atoms with Gasteiger partial charge in [-0.05, 0) is 62.4 Å². The molecule has 174 valence electrons. The van der Waals surface area contributed by atoms with Gasteiger partial charge in [0, 0.05) is 31.6 Å². The van der Waals surface area contributed by atoms with Crippen LogP contribution < -0.4 is 4.74 Å². The van der Waals surface area contributed by atoms with E-state index in [1.807, 2.05) is 43.2 Å². The standard InChI is InChI=1S/C24H33N3O4S/c1-17-13-22(18(2)12-20(17)14-28)30-10-8-26-6-4-24(5-7-26)16-27(9-11-31-24)23(29)21-15-32-19(3)25-21/h12-13,15,28H,4-11,14,16H2,1-3H3. The number of hydrogen-bond acceptors (Lipinski definition) is 7. The maximum atomic E-state index is 12.8. The first kappa shape index (κ1) is 23.2. The Labute approximate surface area is 194 Å². The van der Waals surface area contributed by atoms with Crippen LogP contribution in [-0.4, -0.2) is 77.3 Å². The van der Waals surface area contributed by atoms with Gasteiger partial charge in [-0.25, -0.2) is 4.98 Å². The van der Waals surface area contributed by atoms with Crippen molar-refractivity contribution in [2.24, 2.45) is 0 Å². The maximum Gasteiger partial charge on any atom is 0.273 e. The third-order valence-corrected chi connectivity index (χ3v) is 7.38. The van der Waals surface area contributed by atoms with Crippen molar-refractivity contribution in [3.63, 3.8) is 0 Å². The predicted octanol–water partition coefficient (Wildman–Crippen LogP) is 2.95. The molecular weight excluding hydrogens is 426 g/mol. The van der Waals surface area contributed by atoms with Gasteiger partial charge in [0.1, 0.15) is 18.1 Å². The number of amides is 1. The number of hydrogen-bond donors (Lipinski definition) is 1. The lowest BCUT2D eigenvalue weighted by Crippen LogP contribution is -2.58. The smallest absolute Gasteiger partial charge is 0.273 e. The minimum absolute atomic E-state index is 0.0192. The lowest BCUT2D eigenvalue weighted by Gasteiger charge is -2.47. The molecule has 2 aliphatic heterocycles. The molecule has 0 bridgehead atoms. The van der Waals surface area contributed by atoms with Gasteiger partial charge in [-0.3, -0.25) is 9.69 Å². The first-order valence-electron chi connectivity index (χ1n) is 11.3. The van der Waals surface area contributed by atoms with E-state index in [1.165, 1.54) is 11.3 Å². The second-order valence-electron chi connectivity index (χ2n) is 8.90. The Kier molecular flexibility index (Phi) is 7.14. The Morgan fingerprint density at radius 1 is 1.22 bits per heavy atom. The zero-order valence-electron chi connectivity index (χ0n) is 19.2. The number of benzene rings is 1. The summed E-state index contributed by atoms with van der Waals surface area (Å²) in [6.45, 7) is 11.2. The highest BCUT2D eigenvalue weighted by Gasteiger charge is 2.41. The zero-order valence-corrected chi connectivity index (χ0v) is 20.0. The lowest BCUT2D eigenvalue weighted by atomic mass is 9.89. The van der Waals surface area contributed by atoms with Crippen molar-refractivity contribution in [3.8, 4) is 5.75 Å². The third kappa shape index (κ3) is 5.14. The summed E-state index contributed by atoms with van der Waals surface area (Å²) in [5, 5.41) is 12.2. The van der Waals surface area contributed by atoms with E-state index in [2.05, 4.69) is 9.88 Å². The Balaban J connectivity index is 1.26. The van der Waals surface area contributed by atoms with E-state index in [4.69, 9.17) is 9.47 Å². The summed E-state index contributed by atoms with van der Waals surface area (Å²) in [4.78, 5) is 21.5. The largest absolute Gasteiger partial charge is 0.492 e. The molecule has 0 radical (unpaired) electrons. The number of aryl methyl sites for hydroxylation is 3. The molecule has 2 fully saturated rings. The van der Waals surface area contributed by atoms with Crippen LogP contribution in [-0.2, 0) is 11.3 Å². The molecule has 32 heavy (non-hydrogen) atoms. The molecule has 2 saturated heterocycles. The van der Waals surface area contributed by atoms with Crippen molar-refractivity contribution in [1.82, 2.24) is 14.8 Å². The van der Waals surface area contributed by atoms with Crippen LogP contribution in [0, 0.1) is 20.8 Å². The highest BCUT2D eigenvalue weighted by atomic mass is 32.1. The lowest BCUT2D eigenvalue weighted by molar-refractivity contribution is -0.127. The number of carbonyl (C=O) groups is 1.